The lowest BCUT2D eigenvalue weighted by molar-refractivity contribution is -0.128. The molecule has 1 aromatic rings. The van der Waals surface area contributed by atoms with E-state index in [1.165, 1.54) is 0 Å². The van der Waals surface area contributed by atoms with Gasteiger partial charge in [-0.2, -0.15) is 0 Å². The summed E-state index contributed by atoms with van der Waals surface area (Å²) in [5, 5.41) is 9.53. The van der Waals surface area contributed by atoms with Gasteiger partial charge in [-0.15, -0.1) is 0 Å². The van der Waals surface area contributed by atoms with E-state index in [0.29, 0.717) is 5.82 Å². The van der Waals surface area contributed by atoms with Gasteiger partial charge in [0.15, 0.2) is 5.78 Å². The number of nitrogens with zero attached hydrogens (tertiary/aromatic N) is 1. The monoisotopic (exact) mass is 208 g/mol. The third-order valence-corrected chi connectivity index (χ3v) is 2.19. The number of nitrogen functional groups attached to an aromatic ring is 1. The predicted molar refractivity (Wildman–Crippen MR) is 58.2 cm³/mol. The van der Waals surface area contributed by atoms with Gasteiger partial charge in [-0.3, -0.25) is 4.79 Å². The third kappa shape index (κ3) is 3.32. The Morgan fingerprint density at radius 2 is 2.27 bits per heavy atom. The van der Waals surface area contributed by atoms with E-state index in [0.717, 1.165) is 5.56 Å². The molecule has 1 rings (SSSR count). The van der Waals surface area contributed by atoms with Crippen molar-refractivity contribution in [3.8, 4) is 0 Å². The van der Waals surface area contributed by atoms with Crippen molar-refractivity contribution in [3.63, 3.8) is 0 Å². The molecule has 1 heterocycles. The number of nitrogens with two attached hydrogens (primary N) is 1. The normalized spacial score (nSPS) is 12.8. The van der Waals surface area contributed by atoms with E-state index in [1.807, 2.05) is 13.8 Å². The number of aromatic nitrogens is 1. The molecule has 4 heteroatoms. The van der Waals surface area contributed by atoms with E-state index in [4.69, 9.17) is 5.73 Å². The fraction of sp³-hybridized carbons (Fsp3) is 0.455. The van der Waals surface area contributed by atoms with Crippen LogP contribution in [0.15, 0.2) is 18.3 Å². The Hall–Kier alpha value is -1.42. The fourth-order valence-corrected chi connectivity index (χ4v) is 1.28. The van der Waals surface area contributed by atoms with Gasteiger partial charge in [0.05, 0.1) is 0 Å². The number of rotatable bonds is 4. The van der Waals surface area contributed by atoms with Gasteiger partial charge in [-0.25, -0.2) is 4.98 Å². The fourth-order valence-electron chi connectivity index (χ4n) is 1.28. The lowest BCUT2D eigenvalue weighted by atomic mass is 9.98. The van der Waals surface area contributed by atoms with Gasteiger partial charge in [0.2, 0.25) is 0 Å². The van der Waals surface area contributed by atoms with Crippen molar-refractivity contribution in [3.05, 3.63) is 23.9 Å². The van der Waals surface area contributed by atoms with Gasteiger partial charge >= 0.3 is 0 Å². The summed E-state index contributed by atoms with van der Waals surface area (Å²) >= 11 is 0. The first-order valence-electron chi connectivity index (χ1n) is 4.92. The Morgan fingerprint density at radius 1 is 1.60 bits per heavy atom. The maximum Gasteiger partial charge on any atom is 0.165 e. The standard InChI is InChI=1S/C11H16N2O2/c1-7(2)11(15)9(14)5-8-3-4-13-10(12)6-8/h3-4,6-7,11,15H,5H2,1-2H3,(H2,12,13). The van der Waals surface area contributed by atoms with E-state index in [2.05, 4.69) is 4.98 Å². The van der Waals surface area contributed by atoms with Crippen molar-refractivity contribution in [1.29, 1.82) is 0 Å². The second kappa shape index (κ2) is 4.89. The zero-order valence-electron chi connectivity index (χ0n) is 8.97. The predicted octanol–water partition coefficient (Wildman–Crippen LogP) is 0.792. The van der Waals surface area contributed by atoms with Gasteiger partial charge in [0.1, 0.15) is 11.9 Å². The minimum atomic E-state index is -0.903. The average Bonchev–Trinajstić information content (AvgIpc) is 2.16. The summed E-state index contributed by atoms with van der Waals surface area (Å²) in [6.07, 6.45) is 0.852. The quantitative estimate of drug-likeness (QED) is 0.767. The van der Waals surface area contributed by atoms with Crippen molar-refractivity contribution in [1.82, 2.24) is 4.98 Å². The summed E-state index contributed by atoms with van der Waals surface area (Å²) in [6.45, 7) is 3.62. The van der Waals surface area contributed by atoms with E-state index in [1.54, 1.807) is 18.3 Å². The van der Waals surface area contributed by atoms with Gasteiger partial charge in [0.25, 0.3) is 0 Å². The summed E-state index contributed by atoms with van der Waals surface area (Å²) in [4.78, 5) is 15.4. The summed E-state index contributed by atoms with van der Waals surface area (Å²) < 4.78 is 0. The second-order valence-electron chi connectivity index (χ2n) is 3.92. The molecular weight excluding hydrogens is 192 g/mol. The maximum absolute atomic E-state index is 11.6. The first-order chi connectivity index (χ1) is 7.00. The van der Waals surface area contributed by atoms with Gasteiger partial charge in [-0.05, 0) is 23.6 Å². The van der Waals surface area contributed by atoms with E-state index in [9.17, 15) is 9.90 Å². The molecule has 0 saturated heterocycles. The molecular formula is C11H16N2O2. The van der Waals surface area contributed by atoms with Crippen LogP contribution in [-0.4, -0.2) is 22.0 Å². The van der Waals surface area contributed by atoms with E-state index in [-0.39, 0.29) is 18.1 Å². The van der Waals surface area contributed by atoms with Crippen LogP contribution in [0.5, 0.6) is 0 Å². The number of carbonyl (C=O) groups excluding carboxylic acids is 1. The molecule has 4 nitrogen and oxygen atoms in total. The molecule has 3 N–H and O–H groups in total. The highest BCUT2D eigenvalue weighted by Gasteiger charge is 2.18. The van der Waals surface area contributed by atoms with Crippen LogP contribution in [-0.2, 0) is 11.2 Å². The Kier molecular flexibility index (Phi) is 3.80. The zero-order valence-corrected chi connectivity index (χ0v) is 8.97. The molecule has 0 spiro atoms. The smallest absolute Gasteiger partial charge is 0.165 e. The van der Waals surface area contributed by atoms with Crippen LogP contribution in [0.1, 0.15) is 19.4 Å². The van der Waals surface area contributed by atoms with Crippen LogP contribution in [0, 0.1) is 5.92 Å². The highest BCUT2D eigenvalue weighted by atomic mass is 16.3. The highest BCUT2D eigenvalue weighted by Crippen LogP contribution is 2.09. The molecule has 0 aliphatic carbocycles. The summed E-state index contributed by atoms with van der Waals surface area (Å²) in [6, 6.07) is 3.37. The van der Waals surface area contributed by atoms with Gasteiger partial charge in [0, 0.05) is 12.6 Å². The number of aliphatic hydroxyl groups is 1. The topological polar surface area (TPSA) is 76.2 Å². The van der Waals surface area contributed by atoms with Gasteiger partial charge < -0.3 is 10.8 Å². The molecule has 15 heavy (non-hydrogen) atoms. The maximum atomic E-state index is 11.6. The molecule has 1 atom stereocenters. The van der Waals surface area contributed by atoms with E-state index < -0.39 is 6.10 Å². The largest absolute Gasteiger partial charge is 0.385 e. The molecule has 0 radical (unpaired) electrons. The molecule has 0 amide bonds. The Balaban J connectivity index is 2.66. The lowest BCUT2D eigenvalue weighted by Crippen LogP contribution is -2.27. The third-order valence-electron chi connectivity index (χ3n) is 2.19. The number of hydrogen-bond acceptors (Lipinski definition) is 4. The molecule has 0 aliphatic rings. The molecule has 0 saturated carbocycles. The number of pyridine rings is 1. The number of ketones is 1. The van der Waals surface area contributed by atoms with Crippen LogP contribution >= 0.6 is 0 Å². The van der Waals surface area contributed by atoms with Crippen LogP contribution in [0.3, 0.4) is 0 Å². The number of carbonyl (C=O) groups is 1. The first kappa shape index (κ1) is 11.7. The SMILES string of the molecule is CC(C)C(O)C(=O)Cc1ccnc(N)c1. The van der Waals surface area contributed by atoms with Crippen LogP contribution in [0.2, 0.25) is 0 Å². The van der Waals surface area contributed by atoms with Crippen molar-refractivity contribution in [2.45, 2.75) is 26.4 Å². The number of aliphatic hydroxyl groups excluding tert-OH is 1. The lowest BCUT2D eigenvalue weighted by Gasteiger charge is -2.12. The molecule has 0 bridgehead atoms. The van der Waals surface area contributed by atoms with Crippen molar-refractivity contribution >= 4 is 11.6 Å². The average molecular weight is 208 g/mol. The Labute approximate surface area is 89.1 Å². The molecule has 0 fully saturated rings. The molecule has 0 aliphatic heterocycles. The van der Waals surface area contributed by atoms with Crippen LogP contribution in [0.25, 0.3) is 0 Å². The van der Waals surface area contributed by atoms with Crippen LogP contribution in [0.4, 0.5) is 5.82 Å². The minimum absolute atomic E-state index is 0.0586. The number of Topliss-reactive ketones (excluding diaryl/α,β-unsaturated/α-hetero) is 1. The van der Waals surface area contributed by atoms with Crippen LogP contribution < -0.4 is 5.73 Å². The Morgan fingerprint density at radius 3 is 2.80 bits per heavy atom. The summed E-state index contributed by atoms with van der Waals surface area (Å²) in [5.41, 5.74) is 6.27. The highest BCUT2D eigenvalue weighted by molar-refractivity contribution is 5.85. The molecule has 1 unspecified atom stereocenters. The molecule has 0 aromatic carbocycles. The van der Waals surface area contributed by atoms with Crippen molar-refractivity contribution < 1.29 is 9.90 Å². The minimum Gasteiger partial charge on any atom is -0.385 e. The second-order valence-corrected chi connectivity index (χ2v) is 3.92. The number of hydrogen-bond donors (Lipinski definition) is 2. The van der Waals surface area contributed by atoms with Gasteiger partial charge in [-0.1, -0.05) is 13.8 Å². The first-order valence-corrected chi connectivity index (χ1v) is 4.92. The molecule has 82 valence electrons. The zero-order chi connectivity index (χ0) is 11.4. The van der Waals surface area contributed by atoms with E-state index >= 15 is 0 Å². The molecule has 1 aromatic heterocycles. The summed E-state index contributed by atoms with van der Waals surface area (Å²) in [5.74, 6) is 0.145. The van der Waals surface area contributed by atoms with Crippen molar-refractivity contribution in [2.24, 2.45) is 5.92 Å². The summed E-state index contributed by atoms with van der Waals surface area (Å²) in [7, 11) is 0. The Bertz CT molecular complexity index is 350. The van der Waals surface area contributed by atoms with Crippen molar-refractivity contribution in [2.75, 3.05) is 5.73 Å². The number of anilines is 1.